The Balaban J connectivity index is 1.38. The minimum atomic E-state index is -0.236. The molecule has 7 nitrogen and oxygen atoms in total. The van der Waals surface area contributed by atoms with Gasteiger partial charge in [-0.1, -0.05) is 18.2 Å². The molecule has 1 fully saturated rings. The molecular weight excluding hydrogens is 356 g/mol. The smallest absolute Gasteiger partial charge is 0.232 e. The predicted octanol–water partition coefficient (Wildman–Crippen LogP) is 1.49. The van der Waals surface area contributed by atoms with Crippen molar-refractivity contribution in [3.8, 4) is 5.75 Å². The highest BCUT2D eigenvalue weighted by atomic mass is 16.5. The Morgan fingerprint density at radius 3 is 2.64 bits per heavy atom. The van der Waals surface area contributed by atoms with Crippen molar-refractivity contribution in [3.05, 3.63) is 54.2 Å². The van der Waals surface area contributed by atoms with Gasteiger partial charge in [0.25, 0.3) is 0 Å². The molecule has 1 N–H and O–H groups in total. The molecule has 2 aromatic rings. The van der Waals surface area contributed by atoms with E-state index < -0.39 is 0 Å². The van der Waals surface area contributed by atoms with Crippen LogP contribution >= 0.6 is 0 Å². The van der Waals surface area contributed by atoms with Crippen LogP contribution in [0.25, 0.3) is 0 Å². The van der Waals surface area contributed by atoms with E-state index in [0.29, 0.717) is 26.1 Å². The Labute approximate surface area is 165 Å². The lowest BCUT2D eigenvalue weighted by Crippen LogP contribution is -2.49. The average molecular weight is 382 g/mol. The molecule has 1 aromatic heterocycles. The summed E-state index contributed by atoms with van der Waals surface area (Å²) in [5.74, 6) is 1.35. The van der Waals surface area contributed by atoms with E-state index in [0.717, 1.165) is 30.2 Å². The zero-order valence-electron chi connectivity index (χ0n) is 16.1. The molecule has 7 heteroatoms. The van der Waals surface area contributed by atoms with Gasteiger partial charge in [0, 0.05) is 38.9 Å². The molecule has 0 spiro atoms. The number of hydrogen-bond donors (Lipinski definition) is 1. The van der Waals surface area contributed by atoms with Crippen molar-refractivity contribution in [1.82, 2.24) is 15.2 Å². The number of rotatable bonds is 7. The molecule has 0 atom stereocenters. The summed E-state index contributed by atoms with van der Waals surface area (Å²) in [4.78, 5) is 32.7. The van der Waals surface area contributed by atoms with E-state index in [1.165, 1.54) is 0 Å². The molecule has 0 aliphatic carbocycles. The third-order valence-corrected chi connectivity index (χ3v) is 4.79. The number of pyridine rings is 1. The van der Waals surface area contributed by atoms with Crippen LogP contribution in [-0.2, 0) is 16.0 Å². The number of benzene rings is 1. The fourth-order valence-electron chi connectivity index (χ4n) is 3.21. The first-order valence-electron chi connectivity index (χ1n) is 9.49. The number of aromatic nitrogens is 1. The summed E-state index contributed by atoms with van der Waals surface area (Å²) in [5, 5.41) is 2.83. The highest BCUT2D eigenvalue weighted by molar-refractivity contribution is 5.97. The van der Waals surface area contributed by atoms with Gasteiger partial charge in [-0.15, -0.1) is 0 Å². The molecule has 0 saturated carbocycles. The second-order valence-corrected chi connectivity index (χ2v) is 6.68. The number of nitrogens with one attached hydrogen (secondary N) is 1. The molecule has 1 aliphatic heterocycles. The maximum Gasteiger partial charge on any atom is 0.232 e. The number of methoxy groups -OCH3 is 1. The van der Waals surface area contributed by atoms with Crippen molar-refractivity contribution in [2.75, 3.05) is 44.7 Å². The van der Waals surface area contributed by atoms with Gasteiger partial charge in [0.2, 0.25) is 11.8 Å². The van der Waals surface area contributed by atoms with Crippen molar-refractivity contribution in [1.29, 1.82) is 0 Å². The van der Waals surface area contributed by atoms with Crippen LogP contribution in [-0.4, -0.2) is 61.5 Å². The molecule has 2 heterocycles. The third-order valence-electron chi connectivity index (χ3n) is 4.79. The number of nitrogens with zero attached hydrogens (tertiary/aromatic N) is 3. The molecule has 0 bridgehead atoms. The van der Waals surface area contributed by atoms with Crippen molar-refractivity contribution in [2.24, 2.45) is 0 Å². The van der Waals surface area contributed by atoms with Crippen LogP contribution in [0, 0.1) is 0 Å². The molecular formula is C21H26N4O3. The van der Waals surface area contributed by atoms with E-state index in [2.05, 4.69) is 15.2 Å². The zero-order chi connectivity index (χ0) is 19.8. The van der Waals surface area contributed by atoms with Gasteiger partial charge in [-0.05, 0) is 36.2 Å². The van der Waals surface area contributed by atoms with Crippen molar-refractivity contribution in [3.63, 3.8) is 0 Å². The zero-order valence-corrected chi connectivity index (χ0v) is 16.1. The molecule has 148 valence electrons. The molecule has 28 heavy (non-hydrogen) atoms. The van der Waals surface area contributed by atoms with Gasteiger partial charge < -0.3 is 19.9 Å². The number of anilines is 1. The number of carbonyl (C=O) groups is 2. The minimum absolute atomic E-state index is 0.109. The highest BCUT2D eigenvalue weighted by Gasteiger charge is 2.23. The van der Waals surface area contributed by atoms with E-state index >= 15 is 0 Å². The highest BCUT2D eigenvalue weighted by Crippen LogP contribution is 2.14. The van der Waals surface area contributed by atoms with Gasteiger partial charge in [-0.25, -0.2) is 4.98 Å². The lowest BCUT2D eigenvalue weighted by Gasteiger charge is -2.35. The summed E-state index contributed by atoms with van der Waals surface area (Å²) in [5.41, 5.74) is 1.08. The molecule has 1 aromatic carbocycles. The summed E-state index contributed by atoms with van der Waals surface area (Å²) in [7, 11) is 1.63. The molecule has 1 saturated heterocycles. The largest absolute Gasteiger partial charge is 0.497 e. The van der Waals surface area contributed by atoms with Crippen LogP contribution in [0.2, 0.25) is 0 Å². The van der Waals surface area contributed by atoms with Crippen LogP contribution in [0.3, 0.4) is 0 Å². The summed E-state index contributed by atoms with van der Waals surface area (Å²) in [6.45, 7) is 3.14. The van der Waals surface area contributed by atoms with E-state index in [1.54, 1.807) is 18.2 Å². The third kappa shape index (κ3) is 5.45. The summed E-state index contributed by atoms with van der Waals surface area (Å²) in [6.07, 6.45) is 2.35. The first kappa shape index (κ1) is 19.7. The van der Waals surface area contributed by atoms with Gasteiger partial charge in [0.1, 0.15) is 18.0 Å². The van der Waals surface area contributed by atoms with E-state index in [4.69, 9.17) is 4.74 Å². The van der Waals surface area contributed by atoms with E-state index in [9.17, 15) is 9.59 Å². The minimum Gasteiger partial charge on any atom is -0.497 e. The van der Waals surface area contributed by atoms with Crippen molar-refractivity contribution >= 4 is 17.6 Å². The SMILES string of the molecule is COc1cccc(CCNC(=O)CC(=O)N2CCN(c3ccccn3)CC2)c1. The fourth-order valence-corrected chi connectivity index (χ4v) is 3.21. The molecule has 3 rings (SSSR count). The lowest BCUT2D eigenvalue weighted by molar-refractivity contribution is -0.136. The van der Waals surface area contributed by atoms with Crippen LogP contribution in [0.1, 0.15) is 12.0 Å². The number of carbonyl (C=O) groups excluding carboxylic acids is 2. The summed E-state index contributed by atoms with van der Waals surface area (Å²) < 4.78 is 5.19. The summed E-state index contributed by atoms with van der Waals surface area (Å²) in [6, 6.07) is 13.5. The number of ether oxygens (including phenoxy) is 1. The monoisotopic (exact) mass is 382 g/mol. The fraction of sp³-hybridized carbons (Fsp3) is 0.381. The van der Waals surface area contributed by atoms with Gasteiger partial charge >= 0.3 is 0 Å². The van der Waals surface area contributed by atoms with Crippen LogP contribution in [0.15, 0.2) is 48.7 Å². The van der Waals surface area contributed by atoms with E-state index in [1.807, 2.05) is 42.5 Å². The van der Waals surface area contributed by atoms with Gasteiger partial charge in [0.05, 0.1) is 7.11 Å². The Kier molecular flexibility index (Phi) is 6.84. The Morgan fingerprint density at radius 1 is 1.11 bits per heavy atom. The molecule has 0 radical (unpaired) electrons. The normalized spacial score (nSPS) is 13.9. The average Bonchev–Trinajstić information content (AvgIpc) is 2.74. The number of hydrogen-bond acceptors (Lipinski definition) is 5. The van der Waals surface area contributed by atoms with Crippen LogP contribution < -0.4 is 15.0 Å². The first-order chi connectivity index (χ1) is 13.7. The second kappa shape index (κ2) is 9.73. The Bertz CT molecular complexity index is 789. The topological polar surface area (TPSA) is 74.8 Å². The standard InChI is InChI=1S/C21H26N4O3/c1-28-18-6-4-5-17(15-18)8-10-23-20(26)16-21(27)25-13-11-24(12-14-25)19-7-2-3-9-22-19/h2-7,9,15H,8,10-14,16H2,1H3,(H,23,26). The number of piperazine rings is 1. The first-order valence-corrected chi connectivity index (χ1v) is 9.49. The molecule has 1 aliphatic rings. The van der Waals surface area contributed by atoms with Gasteiger partial charge in [0.15, 0.2) is 0 Å². The maximum atomic E-state index is 12.4. The van der Waals surface area contributed by atoms with Gasteiger partial charge in [-0.3, -0.25) is 9.59 Å². The van der Waals surface area contributed by atoms with Crippen LogP contribution in [0.4, 0.5) is 5.82 Å². The summed E-state index contributed by atoms with van der Waals surface area (Å²) >= 11 is 0. The lowest BCUT2D eigenvalue weighted by atomic mass is 10.1. The second-order valence-electron chi connectivity index (χ2n) is 6.68. The maximum absolute atomic E-state index is 12.4. The molecule has 0 unspecified atom stereocenters. The molecule has 2 amide bonds. The van der Waals surface area contributed by atoms with Gasteiger partial charge in [-0.2, -0.15) is 0 Å². The Morgan fingerprint density at radius 2 is 1.93 bits per heavy atom. The quantitative estimate of drug-likeness (QED) is 0.735. The predicted molar refractivity (Wildman–Crippen MR) is 107 cm³/mol. The van der Waals surface area contributed by atoms with Crippen LogP contribution in [0.5, 0.6) is 5.75 Å². The number of amides is 2. The van der Waals surface area contributed by atoms with Crippen molar-refractivity contribution < 1.29 is 14.3 Å². The van der Waals surface area contributed by atoms with E-state index in [-0.39, 0.29) is 18.2 Å². The Hall–Kier alpha value is -3.09. The van der Waals surface area contributed by atoms with Crippen molar-refractivity contribution in [2.45, 2.75) is 12.8 Å².